The highest BCUT2D eigenvalue weighted by Crippen LogP contribution is 2.42. The van der Waals surface area contributed by atoms with Gasteiger partial charge in [-0.1, -0.05) is 19.1 Å². The molecule has 7 nitrogen and oxygen atoms in total. The van der Waals surface area contributed by atoms with Gasteiger partial charge >= 0.3 is 5.97 Å². The van der Waals surface area contributed by atoms with E-state index in [0.717, 1.165) is 11.1 Å². The Morgan fingerprint density at radius 2 is 2.04 bits per heavy atom. The lowest BCUT2D eigenvalue weighted by Gasteiger charge is -2.29. The maximum Gasteiger partial charge on any atom is 0.307 e. The molecule has 1 aliphatic rings. The minimum atomic E-state index is -2.34. The lowest BCUT2D eigenvalue weighted by molar-refractivity contribution is -0.140. The molecule has 0 fully saturated rings. The number of anilines is 2. The van der Waals surface area contributed by atoms with Crippen molar-refractivity contribution in [3.8, 4) is 0 Å². The van der Waals surface area contributed by atoms with Crippen LogP contribution in [-0.4, -0.2) is 40.3 Å². The number of benzene rings is 2. The zero-order valence-electron chi connectivity index (χ0n) is 15.5. The maximum absolute atomic E-state index is 12.6. The first-order valence-electron chi connectivity index (χ1n) is 8.79. The summed E-state index contributed by atoms with van der Waals surface area (Å²) in [6.45, 7) is 4.29. The van der Waals surface area contributed by atoms with Crippen LogP contribution < -0.4 is 9.21 Å². The summed E-state index contributed by atoms with van der Waals surface area (Å²) in [4.78, 5) is 26.1. The molecule has 144 valence electrons. The first kappa shape index (κ1) is 19.3. The Kier molecular flexibility index (Phi) is 5.48. The van der Waals surface area contributed by atoms with Gasteiger partial charge in [0.15, 0.2) is 0 Å². The SMILES string of the molecule is CCC(CC(=O)OC)N(c1ccc2c3c(cccc13)C(=O)N2CC)S(=O)O. The van der Waals surface area contributed by atoms with E-state index in [-0.39, 0.29) is 12.3 Å². The predicted octanol–water partition coefficient (Wildman–Crippen LogP) is 3.10. The molecule has 8 heteroatoms. The van der Waals surface area contributed by atoms with Gasteiger partial charge < -0.3 is 9.64 Å². The summed E-state index contributed by atoms with van der Waals surface area (Å²) in [6.07, 6.45) is 0.465. The van der Waals surface area contributed by atoms with Crippen molar-refractivity contribution in [1.82, 2.24) is 0 Å². The fourth-order valence-electron chi connectivity index (χ4n) is 3.61. The number of rotatable bonds is 7. The van der Waals surface area contributed by atoms with Crippen molar-refractivity contribution in [3.05, 3.63) is 35.9 Å². The van der Waals surface area contributed by atoms with Crippen molar-refractivity contribution in [3.63, 3.8) is 0 Å². The van der Waals surface area contributed by atoms with Gasteiger partial charge in [0.25, 0.3) is 17.2 Å². The minimum absolute atomic E-state index is 0.0117. The lowest BCUT2D eigenvalue weighted by atomic mass is 10.0. The van der Waals surface area contributed by atoms with E-state index >= 15 is 0 Å². The van der Waals surface area contributed by atoms with Gasteiger partial charge in [0.1, 0.15) is 0 Å². The normalized spacial score (nSPS) is 15.1. The third kappa shape index (κ3) is 3.19. The van der Waals surface area contributed by atoms with E-state index in [1.807, 2.05) is 19.9 Å². The van der Waals surface area contributed by atoms with Crippen LogP contribution in [0.3, 0.4) is 0 Å². The predicted molar refractivity (Wildman–Crippen MR) is 105 cm³/mol. The van der Waals surface area contributed by atoms with Gasteiger partial charge in [-0.25, -0.2) is 4.21 Å². The molecule has 2 unspecified atom stereocenters. The number of ether oxygens (including phenoxy) is 1. The summed E-state index contributed by atoms with van der Waals surface area (Å²) >= 11 is -2.34. The molecule has 0 bridgehead atoms. The van der Waals surface area contributed by atoms with Gasteiger partial charge in [-0.05, 0) is 31.5 Å². The number of esters is 1. The molecule has 3 rings (SSSR count). The monoisotopic (exact) mass is 390 g/mol. The Bertz CT molecular complexity index is 930. The summed E-state index contributed by atoms with van der Waals surface area (Å²) in [5.74, 6) is -0.524. The summed E-state index contributed by atoms with van der Waals surface area (Å²) in [5, 5.41) is 1.48. The largest absolute Gasteiger partial charge is 0.469 e. The van der Waals surface area contributed by atoms with Gasteiger partial charge in [0.05, 0.1) is 30.9 Å². The van der Waals surface area contributed by atoms with E-state index in [4.69, 9.17) is 4.74 Å². The quantitative estimate of drug-likeness (QED) is 0.580. The summed E-state index contributed by atoms with van der Waals surface area (Å²) in [6, 6.07) is 8.37. The number of carbonyl (C=O) groups excluding carboxylic acids is 2. The molecule has 0 saturated carbocycles. The Balaban J connectivity index is 2.18. The smallest absolute Gasteiger partial charge is 0.307 e. The van der Waals surface area contributed by atoms with Gasteiger partial charge in [-0.2, -0.15) is 0 Å². The molecule has 1 aliphatic heterocycles. The number of carbonyl (C=O) groups is 2. The molecule has 27 heavy (non-hydrogen) atoms. The average Bonchev–Trinajstić information content (AvgIpc) is 2.95. The van der Waals surface area contributed by atoms with Gasteiger partial charge in [0.2, 0.25) is 0 Å². The van der Waals surface area contributed by atoms with E-state index in [1.54, 1.807) is 29.2 Å². The second-order valence-electron chi connectivity index (χ2n) is 6.28. The fourth-order valence-corrected chi connectivity index (χ4v) is 4.42. The van der Waals surface area contributed by atoms with Crippen molar-refractivity contribution in [1.29, 1.82) is 0 Å². The molecule has 0 aliphatic carbocycles. The minimum Gasteiger partial charge on any atom is -0.469 e. The van der Waals surface area contributed by atoms with Crippen LogP contribution in [0.15, 0.2) is 30.3 Å². The molecule has 0 aromatic heterocycles. The van der Waals surface area contributed by atoms with E-state index in [1.165, 1.54) is 11.4 Å². The Morgan fingerprint density at radius 1 is 1.30 bits per heavy atom. The second kappa shape index (κ2) is 7.66. The number of methoxy groups -OCH3 is 1. The first-order valence-corrected chi connectivity index (χ1v) is 9.85. The van der Waals surface area contributed by atoms with Gasteiger partial charge in [-0.3, -0.25) is 18.4 Å². The van der Waals surface area contributed by atoms with Crippen LogP contribution in [0.1, 0.15) is 37.0 Å². The molecule has 0 saturated heterocycles. The zero-order chi connectivity index (χ0) is 19.7. The molecular weight excluding hydrogens is 368 g/mol. The van der Waals surface area contributed by atoms with Crippen molar-refractivity contribution in [2.24, 2.45) is 0 Å². The number of hydrogen-bond acceptors (Lipinski definition) is 4. The summed E-state index contributed by atoms with van der Waals surface area (Å²) < 4.78 is 28.2. The average molecular weight is 390 g/mol. The molecule has 1 amide bonds. The van der Waals surface area contributed by atoms with Crippen LogP contribution in [0.2, 0.25) is 0 Å². The molecule has 0 radical (unpaired) electrons. The summed E-state index contributed by atoms with van der Waals surface area (Å²) in [7, 11) is 1.29. The maximum atomic E-state index is 12.6. The lowest BCUT2D eigenvalue weighted by Crippen LogP contribution is -2.38. The van der Waals surface area contributed by atoms with Crippen LogP contribution in [0.5, 0.6) is 0 Å². The molecule has 2 aromatic carbocycles. The molecule has 1 heterocycles. The standard InChI is InChI=1S/C19H22N2O5S/c1-4-12(11-17(22)26-3)21(27(24)25)15-9-10-16-18-13(15)7-6-8-14(18)19(23)20(16)5-2/h6-10,12H,4-5,11H2,1-3H3,(H,24,25). The fraction of sp³-hybridized carbons (Fsp3) is 0.368. The molecule has 2 atom stereocenters. The van der Waals surface area contributed by atoms with Crippen molar-refractivity contribution in [2.75, 3.05) is 22.9 Å². The van der Waals surface area contributed by atoms with Crippen LogP contribution in [0, 0.1) is 0 Å². The third-order valence-corrected chi connectivity index (χ3v) is 5.75. The molecule has 0 spiro atoms. The molecular formula is C19H22N2O5S. The highest BCUT2D eigenvalue weighted by molar-refractivity contribution is 7.80. The second-order valence-corrected chi connectivity index (χ2v) is 7.14. The van der Waals surface area contributed by atoms with E-state index < -0.39 is 23.3 Å². The number of nitrogens with zero attached hydrogens (tertiary/aromatic N) is 2. The van der Waals surface area contributed by atoms with Crippen molar-refractivity contribution < 1.29 is 23.1 Å². The Morgan fingerprint density at radius 3 is 2.63 bits per heavy atom. The highest BCUT2D eigenvalue weighted by atomic mass is 32.2. The number of hydrogen-bond donors (Lipinski definition) is 1. The van der Waals surface area contributed by atoms with E-state index in [0.29, 0.717) is 29.6 Å². The Labute approximate surface area is 160 Å². The summed E-state index contributed by atoms with van der Waals surface area (Å²) in [5.41, 5.74) is 1.88. The topological polar surface area (TPSA) is 87.2 Å². The van der Waals surface area contributed by atoms with Crippen LogP contribution >= 0.6 is 0 Å². The van der Waals surface area contributed by atoms with Crippen molar-refractivity contribution in [2.45, 2.75) is 32.7 Å². The van der Waals surface area contributed by atoms with Gasteiger partial charge in [0, 0.05) is 22.9 Å². The Hall–Kier alpha value is -2.45. The zero-order valence-corrected chi connectivity index (χ0v) is 16.3. The van der Waals surface area contributed by atoms with E-state index in [9.17, 15) is 18.4 Å². The third-order valence-electron chi connectivity index (χ3n) is 4.92. The van der Waals surface area contributed by atoms with Gasteiger partial charge in [-0.15, -0.1) is 0 Å². The molecule has 1 N–H and O–H groups in total. The van der Waals surface area contributed by atoms with Crippen molar-refractivity contribution >= 4 is 45.3 Å². The number of amides is 1. The molecule has 2 aromatic rings. The van der Waals surface area contributed by atoms with Crippen LogP contribution in [-0.2, 0) is 20.8 Å². The van der Waals surface area contributed by atoms with E-state index in [2.05, 4.69) is 0 Å². The highest BCUT2D eigenvalue weighted by Gasteiger charge is 2.32. The first-order chi connectivity index (χ1) is 12.9. The van der Waals surface area contributed by atoms with Crippen LogP contribution in [0.4, 0.5) is 11.4 Å². The van der Waals surface area contributed by atoms with Crippen LogP contribution in [0.25, 0.3) is 10.8 Å².